The smallest absolute Gasteiger partial charge is 0.122 e. The summed E-state index contributed by atoms with van der Waals surface area (Å²) in [4.78, 5) is 17.5. The van der Waals surface area contributed by atoms with E-state index in [9.17, 15) is 4.79 Å². The predicted molar refractivity (Wildman–Crippen MR) is 227 cm³/mol. The molecule has 0 radical (unpaired) electrons. The second-order valence-electron chi connectivity index (χ2n) is 11.3. The molecule has 4 heteroatoms. The molecule has 0 heterocycles. The van der Waals surface area contributed by atoms with Crippen LogP contribution in [0.2, 0.25) is 0 Å². The molecule has 0 aromatic rings. The molecule has 0 aliphatic rings. The van der Waals surface area contributed by atoms with Crippen molar-refractivity contribution in [3.05, 3.63) is 0 Å². The van der Waals surface area contributed by atoms with Crippen LogP contribution in [0.3, 0.4) is 0 Å². The van der Waals surface area contributed by atoms with Gasteiger partial charge in [0.05, 0.1) is 19.8 Å². The summed E-state index contributed by atoms with van der Waals surface area (Å²) >= 11 is 0. The zero-order chi connectivity index (χ0) is 36.3. The third kappa shape index (κ3) is 68.1. The molecule has 0 spiro atoms. The molecule has 0 bridgehead atoms. The first-order valence-corrected chi connectivity index (χ1v) is 18.3. The van der Waals surface area contributed by atoms with Gasteiger partial charge < -0.3 is 19.1 Å². The molecular weight excluding hydrogens is 580 g/mol. The Morgan fingerprint density at radius 1 is 0.532 bits per heavy atom. The van der Waals surface area contributed by atoms with E-state index >= 15 is 0 Å². The quantitative estimate of drug-likeness (QED) is 0.152. The van der Waals surface area contributed by atoms with Crippen molar-refractivity contribution < 1.29 is 19.1 Å². The van der Waals surface area contributed by atoms with Crippen molar-refractivity contribution in [3.8, 4) is 0 Å². The SMILES string of the molecule is C.C.C.C.C=O.CC.CC.CC.CC(C)C.CC(C)C=O.CCC.CCC(CC)COCC(CC)(CC)COCC(CC)(CC)CC. The normalized spacial score (nSPS) is 8.91. The third-order valence-corrected chi connectivity index (χ3v) is 6.76. The Balaban J connectivity index is -0.0000000426. The number of ether oxygens (including phenoxy) is 2. The topological polar surface area (TPSA) is 52.6 Å². The second-order valence-corrected chi connectivity index (χ2v) is 11.3. The van der Waals surface area contributed by atoms with E-state index in [1.807, 2.05) is 62.2 Å². The van der Waals surface area contributed by atoms with Gasteiger partial charge in [-0.3, -0.25) is 0 Å². The average Bonchev–Trinajstić information content (AvgIpc) is 3.05. The molecule has 0 aromatic heterocycles. The van der Waals surface area contributed by atoms with Crippen LogP contribution >= 0.6 is 0 Å². The molecule has 47 heavy (non-hydrogen) atoms. The van der Waals surface area contributed by atoms with E-state index in [-0.39, 0.29) is 41.0 Å². The van der Waals surface area contributed by atoms with Crippen molar-refractivity contribution >= 4 is 13.1 Å². The number of rotatable bonds is 16. The molecule has 0 N–H and O–H groups in total. The van der Waals surface area contributed by atoms with Crippen LogP contribution < -0.4 is 0 Å². The van der Waals surface area contributed by atoms with E-state index in [4.69, 9.17) is 14.3 Å². The van der Waals surface area contributed by atoms with Crippen LogP contribution in [0.25, 0.3) is 0 Å². The number of carbonyl (C=O) groups excluding carboxylic acids is 2. The average molecular weight is 687 g/mol. The van der Waals surface area contributed by atoms with Gasteiger partial charge in [0.25, 0.3) is 0 Å². The lowest BCUT2D eigenvalue weighted by Gasteiger charge is -2.35. The summed E-state index contributed by atoms with van der Waals surface area (Å²) in [5.74, 6) is 1.74. The van der Waals surface area contributed by atoms with Gasteiger partial charge >= 0.3 is 0 Å². The molecular formula is C43H106O4. The number of hydrogen-bond donors (Lipinski definition) is 0. The summed E-state index contributed by atoms with van der Waals surface area (Å²) in [5.41, 5.74) is 0.552. The monoisotopic (exact) mass is 687 g/mol. The van der Waals surface area contributed by atoms with Gasteiger partial charge in [-0.1, -0.05) is 187 Å². The Bertz CT molecular complexity index is 399. The van der Waals surface area contributed by atoms with Crippen molar-refractivity contribution in [2.45, 2.75) is 220 Å². The van der Waals surface area contributed by atoms with Crippen molar-refractivity contribution in [3.63, 3.8) is 0 Å². The minimum atomic E-state index is 0. The van der Waals surface area contributed by atoms with E-state index in [0.29, 0.717) is 11.3 Å². The summed E-state index contributed by atoms with van der Waals surface area (Å²) < 4.78 is 12.4. The fourth-order valence-electron chi connectivity index (χ4n) is 3.21. The lowest BCUT2D eigenvalue weighted by Crippen LogP contribution is -2.34. The molecule has 0 amide bonds. The molecule has 0 fully saturated rings. The van der Waals surface area contributed by atoms with Gasteiger partial charge in [0.15, 0.2) is 0 Å². The van der Waals surface area contributed by atoms with E-state index in [1.165, 1.54) is 38.5 Å². The van der Waals surface area contributed by atoms with Gasteiger partial charge in [0.1, 0.15) is 13.1 Å². The number of carbonyl (C=O) groups is 2. The maximum Gasteiger partial charge on any atom is 0.122 e. The summed E-state index contributed by atoms with van der Waals surface area (Å²) in [5, 5.41) is 0. The Morgan fingerprint density at radius 2 is 0.745 bits per heavy atom. The first-order valence-electron chi connectivity index (χ1n) is 18.3. The Morgan fingerprint density at radius 3 is 0.936 bits per heavy atom. The molecule has 0 aromatic carbocycles. The lowest BCUT2D eigenvalue weighted by atomic mass is 9.80. The van der Waals surface area contributed by atoms with Gasteiger partial charge in [-0.25, -0.2) is 0 Å². The zero-order valence-corrected chi connectivity index (χ0v) is 34.1. The molecule has 0 unspecified atom stereocenters. The van der Waals surface area contributed by atoms with Crippen LogP contribution in [0.5, 0.6) is 0 Å². The molecule has 0 saturated heterocycles. The number of hydrogen-bond acceptors (Lipinski definition) is 4. The molecule has 0 rings (SSSR count). The standard InChI is InChI=1S/C21H44O2.C4H8O.C4H10.C3H8.3C2H6.CH2O.4CH4/c1-8-19(9-2)15-22-17-21(13-6,14-7)18-23-16-20(10-3,11-4)12-5;1-4(2)3-5;1-4(2)3;1-3-2;4*1-2;;;;/h19H,8-18H2,1-7H3;3-4H,1-2H3;4H,1-3H3;3H2,1-2H3;3*1-2H3;1H2;4*1H4. The van der Waals surface area contributed by atoms with Gasteiger partial charge in [-0.2, -0.15) is 0 Å². The lowest BCUT2D eigenvalue weighted by molar-refractivity contribution is -0.110. The minimum absolute atomic E-state index is 0. The molecule has 0 aliphatic heterocycles. The zero-order valence-electron chi connectivity index (χ0n) is 34.1. The van der Waals surface area contributed by atoms with Crippen LogP contribution in [0, 0.1) is 28.6 Å². The maximum atomic E-state index is 9.50. The van der Waals surface area contributed by atoms with Crippen LogP contribution in [-0.4, -0.2) is 39.5 Å². The molecule has 0 saturated carbocycles. The molecule has 302 valence electrons. The van der Waals surface area contributed by atoms with Crippen molar-refractivity contribution in [2.24, 2.45) is 28.6 Å². The van der Waals surface area contributed by atoms with E-state index in [1.54, 1.807) is 0 Å². The van der Waals surface area contributed by atoms with Crippen LogP contribution in [0.15, 0.2) is 0 Å². The number of aldehydes is 1. The summed E-state index contributed by atoms with van der Waals surface area (Å²) in [6.07, 6.45) is 10.5. The van der Waals surface area contributed by atoms with Crippen LogP contribution in [0.1, 0.15) is 220 Å². The summed E-state index contributed by atoms with van der Waals surface area (Å²) in [6, 6.07) is 0. The minimum Gasteiger partial charge on any atom is -0.380 e. The second kappa shape index (κ2) is 71.3. The summed E-state index contributed by atoms with van der Waals surface area (Å²) in [6.45, 7) is 47.9. The highest BCUT2D eigenvalue weighted by Gasteiger charge is 2.30. The van der Waals surface area contributed by atoms with Crippen LogP contribution in [0.4, 0.5) is 0 Å². The third-order valence-electron chi connectivity index (χ3n) is 6.76. The van der Waals surface area contributed by atoms with Crippen molar-refractivity contribution in [2.75, 3.05) is 26.4 Å². The largest absolute Gasteiger partial charge is 0.380 e. The first kappa shape index (κ1) is 80.7. The van der Waals surface area contributed by atoms with Gasteiger partial charge in [-0.05, 0) is 49.4 Å². The maximum absolute atomic E-state index is 9.50. The van der Waals surface area contributed by atoms with Gasteiger partial charge in [-0.15, -0.1) is 0 Å². The van der Waals surface area contributed by atoms with E-state index < -0.39 is 0 Å². The van der Waals surface area contributed by atoms with Crippen molar-refractivity contribution in [1.29, 1.82) is 0 Å². The predicted octanol–water partition coefficient (Wildman–Crippen LogP) is 15.8. The highest BCUT2D eigenvalue weighted by molar-refractivity contribution is 5.51. The Kier molecular flexibility index (Phi) is 122. The summed E-state index contributed by atoms with van der Waals surface area (Å²) in [7, 11) is 0. The van der Waals surface area contributed by atoms with Gasteiger partial charge in [0, 0.05) is 17.9 Å². The van der Waals surface area contributed by atoms with Crippen LogP contribution in [-0.2, 0) is 19.1 Å². The molecule has 4 nitrogen and oxygen atoms in total. The fraction of sp³-hybridized carbons (Fsp3) is 0.953. The Labute approximate surface area is 306 Å². The van der Waals surface area contributed by atoms with E-state index in [0.717, 1.165) is 51.5 Å². The van der Waals surface area contributed by atoms with Crippen molar-refractivity contribution in [1.82, 2.24) is 0 Å². The Hall–Kier alpha value is -0.740. The highest BCUT2D eigenvalue weighted by Crippen LogP contribution is 2.33. The highest BCUT2D eigenvalue weighted by atomic mass is 16.5. The first-order chi connectivity index (χ1) is 20.4. The van der Waals surface area contributed by atoms with E-state index in [2.05, 4.69) is 83.1 Å². The fourth-order valence-corrected chi connectivity index (χ4v) is 3.21. The van der Waals surface area contributed by atoms with Gasteiger partial charge in [0.2, 0.25) is 0 Å². The molecule has 0 atom stereocenters. The molecule has 0 aliphatic carbocycles.